The van der Waals surface area contributed by atoms with E-state index in [9.17, 15) is 4.39 Å². The zero-order chi connectivity index (χ0) is 14.5. The van der Waals surface area contributed by atoms with Gasteiger partial charge in [-0.25, -0.2) is 4.39 Å². The van der Waals surface area contributed by atoms with Crippen LogP contribution in [-0.4, -0.2) is 33.9 Å². The first-order valence-corrected chi connectivity index (χ1v) is 7.36. The third-order valence-corrected chi connectivity index (χ3v) is 4.25. The Kier molecular flexibility index (Phi) is 5.38. The molecule has 1 aliphatic rings. The lowest BCUT2D eigenvalue weighted by molar-refractivity contribution is 0.139. The van der Waals surface area contributed by atoms with Crippen LogP contribution in [0.25, 0.3) is 0 Å². The molecule has 0 radical (unpaired) electrons. The van der Waals surface area contributed by atoms with Crippen molar-refractivity contribution in [2.75, 3.05) is 38.8 Å². The van der Waals surface area contributed by atoms with Crippen molar-refractivity contribution in [2.45, 2.75) is 25.8 Å². The van der Waals surface area contributed by atoms with E-state index in [-0.39, 0.29) is 11.9 Å². The number of methoxy groups -OCH3 is 1. The highest BCUT2D eigenvalue weighted by Gasteiger charge is 2.22. The smallest absolute Gasteiger partial charge is 0.123 e. The van der Waals surface area contributed by atoms with E-state index in [0.717, 1.165) is 43.8 Å². The van der Waals surface area contributed by atoms with Gasteiger partial charge in [0.15, 0.2) is 0 Å². The van der Waals surface area contributed by atoms with Gasteiger partial charge in [0.05, 0.1) is 0 Å². The predicted molar refractivity (Wildman–Crippen MR) is 80.7 cm³/mol. The lowest BCUT2D eigenvalue weighted by Crippen LogP contribution is -2.36. The SMILES string of the molecule is CNC(C)c1cc(F)ccc1N1CCC(COC)CC1. The maximum atomic E-state index is 13.5. The van der Waals surface area contributed by atoms with Crippen LogP contribution < -0.4 is 10.2 Å². The third-order valence-electron chi connectivity index (χ3n) is 4.25. The van der Waals surface area contributed by atoms with Crippen LogP contribution in [0.4, 0.5) is 10.1 Å². The molecule has 1 fully saturated rings. The van der Waals surface area contributed by atoms with Gasteiger partial charge in [0.2, 0.25) is 0 Å². The molecule has 1 aliphatic heterocycles. The third kappa shape index (κ3) is 3.49. The second kappa shape index (κ2) is 7.04. The molecule has 0 aromatic heterocycles. The molecule has 1 aromatic rings. The Morgan fingerprint density at radius 1 is 1.40 bits per heavy atom. The molecule has 3 nitrogen and oxygen atoms in total. The number of ether oxygens (including phenoxy) is 1. The summed E-state index contributed by atoms with van der Waals surface area (Å²) in [5.74, 6) is 0.488. The van der Waals surface area contributed by atoms with Crippen molar-refractivity contribution in [3.8, 4) is 0 Å². The van der Waals surface area contributed by atoms with Gasteiger partial charge in [0.25, 0.3) is 0 Å². The van der Waals surface area contributed by atoms with Crippen molar-refractivity contribution in [1.29, 1.82) is 0 Å². The van der Waals surface area contributed by atoms with Crippen LogP contribution in [-0.2, 0) is 4.74 Å². The summed E-state index contributed by atoms with van der Waals surface area (Å²) < 4.78 is 18.7. The van der Waals surface area contributed by atoms with Gasteiger partial charge in [0, 0.05) is 38.5 Å². The molecule has 0 spiro atoms. The second-order valence-corrected chi connectivity index (χ2v) is 5.60. The number of hydrogen-bond donors (Lipinski definition) is 1. The molecule has 20 heavy (non-hydrogen) atoms. The van der Waals surface area contributed by atoms with Gasteiger partial charge in [-0.1, -0.05) is 0 Å². The van der Waals surface area contributed by atoms with Crippen molar-refractivity contribution in [3.63, 3.8) is 0 Å². The van der Waals surface area contributed by atoms with Crippen LogP contribution in [0.5, 0.6) is 0 Å². The summed E-state index contributed by atoms with van der Waals surface area (Å²) in [7, 11) is 3.67. The Morgan fingerprint density at radius 3 is 2.70 bits per heavy atom. The quantitative estimate of drug-likeness (QED) is 0.897. The van der Waals surface area contributed by atoms with E-state index >= 15 is 0 Å². The average molecular weight is 280 g/mol. The molecular formula is C16H25FN2O. The molecule has 0 saturated carbocycles. The van der Waals surface area contributed by atoms with Crippen LogP contribution >= 0.6 is 0 Å². The van der Waals surface area contributed by atoms with Crippen molar-refractivity contribution < 1.29 is 9.13 Å². The lowest BCUT2D eigenvalue weighted by Gasteiger charge is -2.35. The minimum absolute atomic E-state index is 0.150. The highest BCUT2D eigenvalue weighted by Crippen LogP contribution is 2.30. The van der Waals surface area contributed by atoms with E-state index in [0.29, 0.717) is 5.92 Å². The molecule has 1 N–H and O–H groups in total. The molecule has 1 unspecified atom stereocenters. The summed E-state index contributed by atoms with van der Waals surface area (Å²) in [4.78, 5) is 2.37. The fourth-order valence-electron chi connectivity index (χ4n) is 2.89. The van der Waals surface area contributed by atoms with Crippen molar-refractivity contribution in [2.24, 2.45) is 5.92 Å². The maximum Gasteiger partial charge on any atom is 0.123 e. The van der Waals surface area contributed by atoms with Gasteiger partial charge >= 0.3 is 0 Å². The number of nitrogens with one attached hydrogen (secondary N) is 1. The van der Waals surface area contributed by atoms with Crippen molar-refractivity contribution in [1.82, 2.24) is 5.32 Å². The molecule has 1 atom stereocenters. The number of hydrogen-bond acceptors (Lipinski definition) is 3. The Balaban J connectivity index is 2.13. The monoisotopic (exact) mass is 280 g/mol. The molecule has 0 amide bonds. The molecule has 4 heteroatoms. The standard InChI is InChI=1S/C16H25FN2O/c1-12(18-2)15-10-14(17)4-5-16(15)19-8-6-13(7-9-19)11-20-3/h4-5,10,12-13,18H,6-9,11H2,1-3H3. The van der Waals surface area contributed by atoms with Gasteiger partial charge in [-0.3, -0.25) is 0 Å². The molecule has 112 valence electrons. The Labute approximate surface area is 121 Å². The normalized spacial score (nSPS) is 18.3. The Morgan fingerprint density at radius 2 is 2.10 bits per heavy atom. The molecular weight excluding hydrogens is 255 g/mol. The van der Waals surface area contributed by atoms with Crippen LogP contribution in [0, 0.1) is 11.7 Å². The number of rotatable bonds is 5. The minimum Gasteiger partial charge on any atom is -0.384 e. The fourth-order valence-corrected chi connectivity index (χ4v) is 2.89. The molecule has 2 rings (SSSR count). The van der Waals surface area contributed by atoms with E-state index in [1.165, 1.54) is 0 Å². The van der Waals surface area contributed by atoms with Crippen LogP contribution in [0.1, 0.15) is 31.4 Å². The summed E-state index contributed by atoms with van der Waals surface area (Å²) in [6.45, 7) is 4.94. The summed E-state index contributed by atoms with van der Waals surface area (Å²) in [6, 6.07) is 5.27. The summed E-state index contributed by atoms with van der Waals surface area (Å²) in [5.41, 5.74) is 2.20. The van der Waals surface area contributed by atoms with E-state index in [4.69, 9.17) is 4.74 Å². The maximum absolute atomic E-state index is 13.5. The molecule has 1 heterocycles. The largest absolute Gasteiger partial charge is 0.384 e. The van der Waals surface area contributed by atoms with Crippen molar-refractivity contribution in [3.05, 3.63) is 29.6 Å². The summed E-state index contributed by atoms with van der Waals surface area (Å²) in [6.07, 6.45) is 2.27. The molecule has 0 bridgehead atoms. The van der Waals surface area contributed by atoms with E-state index in [2.05, 4.69) is 17.1 Å². The minimum atomic E-state index is -0.167. The number of benzene rings is 1. The zero-order valence-corrected chi connectivity index (χ0v) is 12.7. The Bertz CT molecular complexity index is 430. The molecule has 1 aromatic carbocycles. The van der Waals surface area contributed by atoms with Gasteiger partial charge in [0.1, 0.15) is 5.82 Å². The van der Waals surface area contributed by atoms with Crippen LogP contribution in [0.2, 0.25) is 0 Å². The number of piperidine rings is 1. The number of halogens is 1. The van der Waals surface area contributed by atoms with Gasteiger partial charge in [-0.15, -0.1) is 0 Å². The van der Waals surface area contributed by atoms with Gasteiger partial charge < -0.3 is 15.0 Å². The number of nitrogens with zero attached hydrogens (tertiary/aromatic N) is 1. The topological polar surface area (TPSA) is 24.5 Å². The molecule has 0 aliphatic carbocycles. The number of anilines is 1. The Hall–Kier alpha value is -1.13. The fraction of sp³-hybridized carbons (Fsp3) is 0.625. The highest BCUT2D eigenvalue weighted by atomic mass is 19.1. The van der Waals surface area contributed by atoms with Gasteiger partial charge in [-0.05, 0) is 56.5 Å². The average Bonchev–Trinajstić information content (AvgIpc) is 2.47. The summed E-state index contributed by atoms with van der Waals surface area (Å²) >= 11 is 0. The molecule has 1 saturated heterocycles. The highest BCUT2D eigenvalue weighted by molar-refractivity contribution is 5.55. The lowest BCUT2D eigenvalue weighted by atomic mass is 9.96. The zero-order valence-electron chi connectivity index (χ0n) is 12.7. The van der Waals surface area contributed by atoms with Crippen LogP contribution in [0.15, 0.2) is 18.2 Å². The van der Waals surface area contributed by atoms with Crippen molar-refractivity contribution >= 4 is 5.69 Å². The van der Waals surface area contributed by atoms with E-state index < -0.39 is 0 Å². The second-order valence-electron chi connectivity index (χ2n) is 5.60. The first-order valence-electron chi connectivity index (χ1n) is 7.36. The van der Waals surface area contributed by atoms with Crippen LogP contribution in [0.3, 0.4) is 0 Å². The summed E-state index contributed by atoms with van der Waals surface area (Å²) in [5, 5.41) is 3.20. The first-order chi connectivity index (χ1) is 9.65. The van der Waals surface area contributed by atoms with E-state index in [1.807, 2.05) is 13.1 Å². The van der Waals surface area contributed by atoms with E-state index in [1.54, 1.807) is 19.2 Å². The predicted octanol–water partition coefficient (Wildman–Crippen LogP) is 2.97. The van der Waals surface area contributed by atoms with Gasteiger partial charge in [-0.2, -0.15) is 0 Å². The first kappa shape index (κ1) is 15.3.